The Hall–Kier alpha value is -3.62. The summed E-state index contributed by atoms with van der Waals surface area (Å²) in [4.78, 5) is 17.9. The van der Waals surface area contributed by atoms with E-state index in [1.54, 1.807) is 12.1 Å². The van der Waals surface area contributed by atoms with Crippen LogP contribution in [0.1, 0.15) is 15.9 Å². The average molecular weight is 465 g/mol. The molecule has 0 saturated heterocycles. The highest BCUT2D eigenvalue weighted by Crippen LogP contribution is 2.41. The van der Waals surface area contributed by atoms with Crippen LogP contribution in [0.2, 0.25) is 0 Å². The van der Waals surface area contributed by atoms with Gasteiger partial charge in [0.05, 0.1) is 24.6 Å². The van der Waals surface area contributed by atoms with Gasteiger partial charge in [0.2, 0.25) is 10.0 Å². The molecular weight excluding hydrogens is 440 g/mol. The fourth-order valence-electron chi connectivity index (χ4n) is 3.70. The second kappa shape index (κ2) is 8.73. The van der Waals surface area contributed by atoms with Crippen molar-refractivity contribution in [3.05, 3.63) is 77.9 Å². The smallest absolute Gasteiger partial charge is 0.279 e. The Morgan fingerprint density at radius 2 is 1.67 bits per heavy atom. The number of nitrogens with one attached hydrogen (secondary N) is 1. The third kappa shape index (κ3) is 4.35. The van der Waals surface area contributed by atoms with Gasteiger partial charge in [-0.05, 0) is 18.6 Å². The van der Waals surface area contributed by atoms with Crippen LogP contribution in [-0.2, 0) is 14.9 Å². The molecule has 1 aromatic heterocycles. The number of nitrogens with zero attached hydrogens (tertiary/aromatic N) is 1. The molecule has 0 fully saturated rings. The lowest BCUT2D eigenvalue weighted by molar-refractivity contribution is 0.0539. The van der Waals surface area contributed by atoms with Crippen molar-refractivity contribution in [1.82, 2.24) is 5.48 Å². The van der Waals surface area contributed by atoms with Crippen LogP contribution in [0.25, 0.3) is 33.4 Å². The molecule has 1 amide bonds. The molecule has 0 aliphatic rings. The minimum atomic E-state index is -3.55. The first-order valence-corrected chi connectivity index (χ1v) is 12.1. The zero-order chi connectivity index (χ0) is 23.8. The summed E-state index contributed by atoms with van der Waals surface area (Å²) in [5.74, 6) is -0.0900. The van der Waals surface area contributed by atoms with Crippen LogP contribution >= 0.6 is 0 Å². The molecule has 33 heavy (non-hydrogen) atoms. The maximum Gasteiger partial charge on any atom is 0.279 e. The zero-order valence-electron chi connectivity index (χ0n) is 18.7. The van der Waals surface area contributed by atoms with Crippen molar-refractivity contribution >= 4 is 32.6 Å². The Morgan fingerprint density at radius 3 is 2.27 bits per heavy atom. The summed E-state index contributed by atoms with van der Waals surface area (Å²) in [5.41, 5.74) is 6.76. The van der Waals surface area contributed by atoms with Gasteiger partial charge in [0.25, 0.3) is 5.91 Å². The van der Waals surface area contributed by atoms with Gasteiger partial charge in [-0.2, -0.15) is 0 Å². The molecular formula is C25H24N2O5S. The number of rotatable bonds is 6. The maximum atomic E-state index is 13.0. The monoisotopic (exact) mass is 464 g/mol. The largest absolute Gasteiger partial charge is 0.455 e. The van der Waals surface area contributed by atoms with Gasteiger partial charge in [-0.3, -0.25) is 13.9 Å². The molecule has 7 nitrogen and oxygen atoms in total. The van der Waals surface area contributed by atoms with Gasteiger partial charge in [0.15, 0.2) is 0 Å². The van der Waals surface area contributed by atoms with Crippen molar-refractivity contribution in [1.29, 1.82) is 0 Å². The number of furan rings is 1. The van der Waals surface area contributed by atoms with E-state index >= 15 is 0 Å². The van der Waals surface area contributed by atoms with Crippen molar-refractivity contribution in [2.24, 2.45) is 0 Å². The standard InChI is InChI=1S/C25H24N2O5S/c1-16-10-12-18(13-11-16)24-23(25(28)26-31-3)20-14-19(17-8-6-5-7-9-17)21(15-22(20)32-24)27(2)33(4,29)30/h5-15H,1-4H3,(H,26,28). The van der Waals surface area contributed by atoms with E-state index in [1.165, 1.54) is 18.5 Å². The molecule has 4 aromatic rings. The average Bonchev–Trinajstić information content (AvgIpc) is 3.17. The van der Waals surface area contributed by atoms with E-state index in [-0.39, 0.29) is 0 Å². The van der Waals surface area contributed by atoms with Gasteiger partial charge in [-0.15, -0.1) is 0 Å². The summed E-state index contributed by atoms with van der Waals surface area (Å²) >= 11 is 0. The van der Waals surface area contributed by atoms with Gasteiger partial charge in [0.1, 0.15) is 11.3 Å². The zero-order valence-corrected chi connectivity index (χ0v) is 19.6. The third-order valence-electron chi connectivity index (χ3n) is 5.46. The van der Waals surface area contributed by atoms with Gasteiger partial charge in [-0.1, -0.05) is 60.2 Å². The molecule has 0 radical (unpaired) electrons. The summed E-state index contributed by atoms with van der Waals surface area (Å²) in [5, 5.41) is 0.546. The van der Waals surface area contributed by atoms with Crippen LogP contribution in [0.15, 0.2) is 71.1 Å². The van der Waals surface area contributed by atoms with E-state index in [0.29, 0.717) is 33.5 Å². The Kier molecular flexibility index (Phi) is 5.97. The Labute approximate surface area is 192 Å². The Morgan fingerprint density at radius 1 is 1.00 bits per heavy atom. The fourth-order valence-corrected chi connectivity index (χ4v) is 4.21. The van der Waals surface area contributed by atoms with Crippen molar-refractivity contribution in [3.63, 3.8) is 0 Å². The predicted molar refractivity (Wildman–Crippen MR) is 130 cm³/mol. The van der Waals surface area contributed by atoms with E-state index in [2.05, 4.69) is 5.48 Å². The van der Waals surface area contributed by atoms with Crippen LogP contribution in [0.3, 0.4) is 0 Å². The van der Waals surface area contributed by atoms with E-state index in [9.17, 15) is 13.2 Å². The lowest BCUT2D eigenvalue weighted by Gasteiger charge is -2.20. The number of hydrogen-bond acceptors (Lipinski definition) is 5. The molecule has 0 atom stereocenters. The SMILES string of the molecule is CONC(=O)c1c(-c2ccc(C)cc2)oc2cc(N(C)S(C)(=O)=O)c(-c3ccccc3)cc12. The number of hydroxylamine groups is 1. The van der Waals surface area contributed by atoms with E-state index in [0.717, 1.165) is 22.9 Å². The van der Waals surface area contributed by atoms with Crippen LogP contribution < -0.4 is 9.79 Å². The topological polar surface area (TPSA) is 88.8 Å². The number of amides is 1. The molecule has 3 aromatic carbocycles. The lowest BCUT2D eigenvalue weighted by Crippen LogP contribution is -2.25. The quantitative estimate of drug-likeness (QED) is 0.416. The van der Waals surface area contributed by atoms with Gasteiger partial charge < -0.3 is 4.42 Å². The van der Waals surface area contributed by atoms with Crippen molar-refractivity contribution in [2.75, 3.05) is 24.7 Å². The fraction of sp³-hybridized carbons (Fsp3) is 0.160. The summed E-state index contributed by atoms with van der Waals surface area (Å²) in [7, 11) is -0.695. The third-order valence-corrected chi connectivity index (χ3v) is 6.66. The molecule has 1 N–H and O–H groups in total. The number of carbonyl (C=O) groups excluding carboxylic acids is 1. The van der Waals surface area contributed by atoms with Crippen molar-refractivity contribution < 1.29 is 22.5 Å². The Bertz CT molecular complexity index is 1430. The first kappa shape index (κ1) is 22.6. The molecule has 8 heteroatoms. The summed E-state index contributed by atoms with van der Waals surface area (Å²) in [6, 6.07) is 20.4. The normalized spacial score (nSPS) is 11.5. The van der Waals surface area contributed by atoms with Crippen LogP contribution in [0.4, 0.5) is 5.69 Å². The highest BCUT2D eigenvalue weighted by Gasteiger charge is 2.26. The minimum Gasteiger partial charge on any atom is -0.455 e. The number of carbonyl (C=O) groups is 1. The highest BCUT2D eigenvalue weighted by molar-refractivity contribution is 7.92. The molecule has 0 aliphatic carbocycles. The lowest BCUT2D eigenvalue weighted by atomic mass is 9.98. The molecule has 0 saturated carbocycles. The van der Waals surface area contributed by atoms with Crippen LogP contribution in [0, 0.1) is 6.92 Å². The predicted octanol–water partition coefficient (Wildman–Crippen LogP) is 4.76. The van der Waals surface area contributed by atoms with Gasteiger partial charge in [-0.25, -0.2) is 13.9 Å². The van der Waals surface area contributed by atoms with E-state index in [1.807, 2.05) is 61.5 Å². The molecule has 0 spiro atoms. The molecule has 0 bridgehead atoms. The number of aryl methyl sites for hydroxylation is 1. The van der Waals surface area contributed by atoms with Crippen molar-refractivity contribution in [3.8, 4) is 22.5 Å². The summed E-state index contributed by atoms with van der Waals surface area (Å²) in [6.07, 6.45) is 1.14. The second-order valence-electron chi connectivity index (χ2n) is 7.77. The van der Waals surface area contributed by atoms with Crippen LogP contribution in [-0.4, -0.2) is 34.7 Å². The van der Waals surface area contributed by atoms with Gasteiger partial charge >= 0.3 is 0 Å². The first-order valence-electron chi connectivity index (χ1n) is 10.2. The number of fused-ring (bicyclic) bond motifs is 1. The number of hydrogen-bond donors (Lipinski definition) is 1. The highest BCUT2D eigenvalue weighted by atomic mass is 32.2. The molecule has 1 heterocycles. The van der Waals surface area contributed by atoms with Crippen molar-refractivity contribution in [2.45, 2.75) is 6.92 Å². The summed E-state index contributed by atoms with van der Waals surface area (Å²) in [6.45, 7) is 1.97. The Balaban J connectivity index is 2.07. The number of benzene rings is 3. The van der Waals surface area contributed by atoms with Gasteiger partial charge in [0, 0.05) is 29.6 Å². The maximum absolute atomic E-state index is 13.0. The van der Waals surface area contributed by atoms with E-state index < -0.39 is 15.9 Å². The second-order valence-corrected chi connectivity index (χ2v) is 9.78. The summed E-state index contributed by atoms with van der Waals surface area (Å²) < 4.78 is 32.1. The molecule has 4 rings (SSSR count). The van der Waals surface area contributed by atoms with E-state index in [4.69, 9.17) is 9.25 Å². The molecule has 0 aliphatic heterocycles. The molecule has 0 unspecified atom stereocenters. The number of anilines is 1. The van der Waals surface area contributed by atoms with Crippen LogP contribution in [0.5, 0.6) is 0 Å². The number of sulfonamides is 1. The first-order chi connectivity index (χ1) is 15.7. The molecule has 170 valence electrons. The minimum absolute atomic E-state index is 0.307.